The zero-order chi connectivity index (χ0) is 20.1. The number of primary amides is 1. The number of imidazole rings is 1. The number of hydrogen-bond acceptors (Lipinski definition) is 6. The van der Waals surface area contributed by atoms with Gasteiger partial charge in [-0.1, -0.05) is 0 Å². The Morgan fingerprint density at radius 3 is 2.86 bits per heavy atom. The molecule has 9 nitrogen and oxygen atoms in total. The van der Waals surface area contributed by atoms with E-state index in [-0.39, 0.29) is 17.9 Å². The molecule has 0 aliphatic carbocycles. The average Bonchev–Trinajstić information content (AvgIpc) is 3.40. The van der Waals surface area contributed by atoms with Crippen LogP contribution in [0.2, 0.25) is 0 Å². The monoisotopic (exact) mass is 397 g/mol. The van der Waals surface area contributed by atoms with E-state index in [1.807, 2.05) is 33.9 Å². The highest BCUT2D eigenvalue weighted by atomic mass is 16.5. The van der Waals surface area contributed by atoms with Gasteiger partial charge in [-0.2, -0.15) is 0 Å². The summed E-state index contributed by atoms with van der Waals surface area (Å²) in [6.07, 6.45) is 2.99. The Morgan fingerprint density at radius 1 is 1.24 bits per heavy atom. The predicted octanol–water partition coefficient (Wildman–Crippen LogP) is 0.494. The van der Waals surface area contributed by atoms with Crippen molar-refractivity contribution in [2.24, 2.45) is 5.73 Å². The van der Waals surface area contributed by atoms with Crippen LogP contribution in [0.1, 0.15) is 19.3 Å². The quantitative estimate of drug-likeness (QED) is 0.779. The first-order valence-corrected chi connectivity index (χ1v) is 9.93. The minimum Gasteiger partial charge on any atom is -0.491 e. The second-order valence-electron chi connectivity index (χ2n) is 7.69. The number of carbonyl (C=O) groups excluding carboxylic acids is 2. The van der Waals surface area contributed by atoms with Gasteiger partial charge in [0.1, 0.15) is 30.3 Å². The van der Waals surface area contributed by atoms with Gasteiger partial charge in [0.05, 0.1) is 12.1 Å². The third-order valence-electron chi connectivity index (χ3n) is 5.93. The first-order chi connectivity index (χ1) is 14.0. The zero-order valence-electron chi connectivity index (χ0n) is 16.0. The maximum absolute atomic E-state index is 12.2. The Bertz CT molecular complexity index is 987. The molecule has 3 N–H and O–H groups in total. The van der Waals surface area contributed by atoms with Crippen LogP contribution in [0.4, 0.5) is 11.5 Å². The first-order valence-electron chi connectivity index (χ1n) is 9.93. The minimum atomic E-state index is -0.951. The van der Waals surface area contributed by atoms with Gasteiger partial charge in [-0.3, -0.25) is 14.5 Å². The van der Waals surface area contributed by atoms with Gasteiger partial charge in [0.25, 0.3) is 5.91 Å². The van der Waals surface area contributed by atoms with Gasteiger partial charge < -0.3 is 25.0 Å². The van der Waals surface area contributed by atoms with E-state index >= 15 is 0 Å². The molecule has 2 fully saturated rings. The number of aromatic nitrogens is 2. The third kappa shape index (κ3) is 2.93. The Morgan fingerprint density at radius 2 is 2.10 bits per heavy atom. The van der Waals surface area contributed by atoms with Gasteiger partial charge in [-0.15, -0.1) is 0 Å². The molecule has 0 saturated carbocycles. The molecule has 1 aromatic carbocycles. The summed E-state index contributed by atoms with van der Waals surface area (Å²) in [4.78, 5) is 32.2. The molecule has 0 unspecified atom stereocenters. The average molecular weight is 397 g/mol. The molecular weight excluding hydrogens is 374 g/mol. The van der Waals surface area contributed by atoms with Crippen LogP contribution in [0.25, 0.3) is 11.4 Å². The second kappa shape index (κ2) is 6.77. The lowest BCUT2D eigenvalue weighted by Gasteiger charge is -2.25. The van der Waals surface area contributed by atoms with Crippen LogP contribution in [-0.4, -0.2) is 58.3 Å². The summed E-state index contributed by atoms with van der Waals surface area (Å²) in [5, 5.41) is 9.75. The van der Waals surface area contributed by atoms with E-state index in [2.05, 4.69) is 4.98 Å². The highest BCUT2D eigenvalue weighted by Gasteiger charge is 2.34. The van der Waals surface area contributed by atoms with Crippen molar-refractivity contribution in [3.63, 3.8) is 0 Å². The van der Waals surface area contributed by atoms with Gasteiger partial charge in [-0.05, 0) is 25.0 Å². The number of benzene rings is 1. The number of anilines is 2. The summed E-state index contributed by atoms with van der Waals surface area (Å²) in [5.74, 6) is 1.35. The molecule has 0 spiro atoms. The maximum Gasteiger partial charge on any atom is 0.257 e. The summed E-state index contributed by atoms with van der Waals surface area (Å²) in [7, 11) is 0. The van der Waals surface area contributed by atoms with Crippen LogP contribution < -0.4 is 20.3 Å². The second-order valence-corrected chi connectivity index (χ2v) is 7.69. The predicted molar refractivity (Wildman–Crippen MR) is 106 cm³/mol. The summed E-state index contributed by atoms with van der Waals surface area (Å²) < 4.78 is 7.94. The molecule has 2 atom stereocenters. The molecule has 29 heavy (non-hydrogen) atoms. The Hall–Kier alpha value is -3.07. The number of ether oxygens (including phenoxy) is 1. The molecule has 3 aliphatic heterocycles. The molecule has 152 valence electrons. The SMILES string of the molecule is NC(=O)[C@@H]1CCCN1c1ccc2c(c1)OCCn1cc(N3CC[C@H](O)C3=O)nc1-2. The largest absolute Gasteiger partial charge is 0.491 e. The Kier molecular flexibility index (Phi) is 4.20. The highest BCUT2D eigenvalue weighted by Crippen LogP contribution is 2.38. The lowest BCUT2D eigenvalue weighted by Crippen LogP contribution is -2.40. The van der Waals surface area contributed by atoms with Crippen molar-refractivity contribution in [1.82, 2.24) is 9.55 Å². The van der Waals surface area contributed by atoms with Crippen molar-refractivity contribution >= 4 is 23.3 Å². The molecule has 2 saturated heterocycles. The van der Waals surface area contributed by atoms with E-state index in [1.165, 1.54) is 4.90 Å². The van der Waals surface area contributed by atoms with Crippen molar-refractivity contribution in [3.8, 4) is 17.1 Å². The van der Waals surface area contributed by atoms with Gasteiger partial charge >= 0.3 is 0 Å². The number of hydrogen-bond donors (Lipinski definition) is 2. The molecule has 3 aliphatic rings. The number of rotatable bonds is 3. The molecule has 5 rings (SSSR count). The van der Waals surface area contributed by atoms with Gasteiger partial charge in [-0.25, -0.2) is 4.98 Å². The summed E-state index contributed by atoms with van der Waals surface area (Å²) in [6.45, 7) is 2.31. The normalized spacial score (nSPS) is 23.6. The molecular formula is C20H23N5O4. The van der Waals surface area contributed by atoms with Crippen molar-refractivity contribution in [3.05, 3.63) is 24.4 Å². The van der Waals surface area contributed by atoms with Crippen LogP contribution in [0, 0.1) is 0 Å². The van der Waals surface area contributed by atoms with Crippen molar-refractivity contribution in [1.29, 1.82) is 0 Å². The lowest BCUT2D eigenvalue weighted by molar-refractivity contribution is -0.124. The van der Waals surface area contributed by atoms with Crippen LogP contribution >= 0.6 is 0 Å². The fraction of sp³-hybridized carbons (Fsp3) is 0.450. The van der Waals surface area contributed by atoms with Gasteiger partial charge in [0.15, 0.2) is 5.82 Å². The molecule has 2 aromatic rings. The number of aliphatic hydroxyl groups is 1. The standard InChI is InChI=1S/C20H23N5O4/c21-18(27)14-2-1-6-24(14)12-3-4-13-16(10-12)29-9-8-23-11-17(22-19(13)23)25-7-5-15(26)20(25)28/h3-4,10-11,14-15,26H,1-2,5-9H2,(H2,21,27)/t14-,15-/m0/s1. The van der Waals surface area contributed by atoms with Gasteiger partial charge in [0.2, 0.25) is 5.91 Å². The first kappa shape index (κ1) is 18.0. The van der Waals surface area contributed by atoms with Crippen LogP contribution in [0.5, 0.6) is 5.75 Å². The van der Waals surface area contributed by atoms with Crippen LogP contribution in [-0.2, 0) is 16.1 Å². The van der Waals surface area contributed by atoms with Crippen LogP contribution in [0.15, 0.2) is 24.4 Å². The zero-order valence-corrected chi connectivity index (χ0v) is 16.0. The lowest BCUT2D eigenvalue weighted by atomic mass is 10.1. The Labute approximate surface area is 167 Å². The Balaban J connectivity index is 1.50. The fourth-order valence-electron chi connectivity index (χ4n) is 4.43. The van der Waals surface area contributed by atoms with E-state index in [1.54, 1.807) is 0 Å². The van der Waals surface area contributed by atoms with Crippen molar-refractivity contribution in [2.75, 3.05) is 29.5 Å². The molecule has 4 heterocycles. The number of nitrogens with two attached hydrogens (primary N) is 1. The number of fused-ring (bicyclic) bond motifs is 3. The smallest absolute Gasteiger partial charge is 0.257 e. The van der Waals surface area contributed by atoms with E-state index in [9.17, 15) is 14.7 Å². The van der Waals surface area contributed by atoms with Crippen molar-refractivity contribution < 1.29 is 19.4 Å². The molecule has 0 radical (unpaired) electrons. The molecule has 0 bridgehead atoms. The molecule has 9 heteroatoms. The number of carbonyl (C=O) groups is 2. The van der Waals surface area contributed by atoms with Crippen LogP contribution in [0.3, 0.4) is 0 Å². The molecule has 2 amide bonds. The van der Waals surface area contributed by atoms with E-state index in [4.69, 9.17) is 10.5 Å². The number of nitrogens with zero attached hydrogens (tertiary/aromatic N) is 4. The summed E-state index contributed by atoms with van der Waals surface area (Å²) >= 11 is 0. The summed E-state index contributed by atoms with van der Waals surface area (Å²) in [6, 6.07) is 5.54. The van der Waals surface area contributed by atoms with E-state index in [0.717, 1.165) is 36.5 Å². The fourth-order valence-corrected chi connectivity index (χ4v) is 4.43. The third-order valence-corrected chi connectivity index (χ3v) is 5.93. The van der Waals surface area contributed by atoms with Gasteiger partial charge in [0, 0.05) is 37.5 Å². The topological polar surface area (TPSA) is 114 Å². The van der Waals surface area contributed by atoms with E-state index in [0.29, 0.717) is 37.7 Å². The minimum absolute atomic E-state index is 0.292. The number of aliphatic hydroxyl groups excluding tert-OH is 1. The van der Waals surface area contributed by atoms with Crippen molar-refractivity contribution in [2.45, 2.75) is 38.0 Å². The highest BCUT2D eigenvalue weighted by molar-refractivity contribution is 5.98. The maximum atomic E-state index is 12.2. The number of amides is 2. The van der Waals surface area contributed by atoms with E-state index < -0.39 is 6.10 Å². The summed E-state index contributed by atoms with van der Waals surface area (Å²) in [5.41, 5.74) is 7.30. The molecule has 1 aromatic heterocycles.